The van der Waals surface area contributed by atoms with Gasteiger partial charge in [-0.1, -0.05) is 24.3 Å². The highest BCUT2D eigenvalue weighted by molar-refractivity contribution is 7.97. The zero-order valence-corrected chi connectivity index (χ0v) is 25.3. The number of aromatic nitrogens is 4. The van der Waals surface area contributed by atoms with Crippen molar-refractivity contribution in [3.63, 3.8) is 0 Å². The third-order valence-electron chi connectivity index (χ3n) is 6.57. The lowest BCUT2D eigenvalue weighted by molar-refractivity contribution is 0.0596. The number of nitrogens with one attached hydrogen (secondary N) is 1. The van der Waals surface area contributed by atoms with Gasteiger partial charge in [0.25, 0.3) is 0 Å². The fourth-order valence-electron chi connectivity index (χ4n) is 4.43. The maximum Gasteiger partial charge on any atom is 0.421 e. The van der Waals surface area contributed by atoms with Gasteiger partial charge < -0.3 is 19.5 Å². The molecular formula is C31H34N8O2S. The van der Waals surface area contributed by atoms with Crippen LogP contribution in [0.3, 0.4) is 0 Å². The van der Waals surface area contributed by atoms with Gasteiger partial charge in [-0.15, -0.1) is 0 Å². The summed E-state index contributed by atoms with van der Waals surface area (Å²) in [5, 5.41) is 9.06. The molecule has 3 aromatic carbocycles. The maximum atomic E-state index is 13.4. The predicted molar refractivity (Wildman–Crippen MR) is 170 cm³/mol. The maximum absolute atomic E-state index is 13.4. The van der Waals surface area contributed by atoms with E-state index in [-0.39, 0.29) is 0 Å². The number of carbonyl (C=O) groups is 1. The molecule has 216 valence electrons. The van der Waals surface area contributed by atoms with E-state index in [4.69, 9.17) is 19.8 Å². The summed E-state index contributed by atoms with van der Waals surface area (Å²) in [6.07, 6.45) is 1.21. The van der Waals surface area contributed by atoms with Crippen LogP contribution in [0.5, 0.6) is 0 Å². The number of para-hydroxylation sites is 1. The lowest BCUT2D eigenvalue weighted by Gasteiger charge is -2.26. The van der Waals surface area contributed by atoms with E-state index in [0.29, 0.717) is 23.4 Å². The first-order chi connectivity index (χ1) is 20.0. The summed E-state index contributed by atoms with van der Waals surface area (Å²) in [6.45, 7) is 7.55. The molecule has 1 amide bonds. The molecule has 0 atom stereocenters. The first-order valence-corrected chi connectivity index (χ1v) is 14.3. The van der Waals surface area contributed by atoms with Gasteiger partial charge in [0.15, 0.2) is 0 Å². The zero-order chi connectivity index (χ0) is 30.0. The Morgan fingerprint density at radius 1 is 1.00 bits per heavy atom. The Hall–Kier alpha value is -4.61. The first-order valence-electron chi connectivity index (χ1n) is 13.4. The summed E-state index contributed by atoms with van der Waals surface area (Å²) in [4.78, 5) is 31.8. The van der Waals surface area contributed by atoms with Crippen molar-refractivity contribution in [3.05, 3.63) is 84.6 Å². The number of hydrogen-bond acceptors (Lipinski definition) is 9. The minimum Gasteiger partial charge on any atom is -0.443 e. The van der Waals surface area contributed by atoms with Crippen LogP contribution in [0.2, 0.25) is 0 Å². The van der Waals surface area contributed by atoms with Crippen LogP contribution in [0.25, 0.3) is 11.0 Å². The van der Waals surface area contributed by atoms with Gasteiger partial charge >= 0.3 is 6.09 Å². The van der Waals surface area contributed by atoms with Gasteiger partial charge in [0, 0.05) is 36.6 Å². The van der Waals surface area contributed by atoms with E-state index in [0.717, 1.165) is 32.9 Å². The van der Waals surface area contributed by atoms with Crippen molar-refractivity contribution in [1.82, 2.24) is 19.5 Å². The van der Waals surface area contributed by atoms with E-state index >= 15 is 0 Å². The summed E-state index contributed by atoms with van der Waals surface area (Å²) in [7, 11) is 3.82. The Morgan fingerprint density at radius 2 is 1.76 bits per heavy atom. The summed E-state index contributed by atoms with van der Waals surface area (Å²) in [6, 6.07) is 23.1. The molecule has 0 bridgehead atoms. The lowest BCUT2D eigenvalue weighted by Crippen LogP contribution is -2.35. The molecule has 0 aliphatic rings. The Labute approximate surface area is 249 Å². The van der Waals surface area contributed by atoms with E-state index in [9.17, 15) is 4.79 Å². The van der Waals surface area contributed by atoms with E-state index in [2.05, 4.69) is 10.3 Å². The summed E-state index contributed by atoms with van der Waals surface area (Å²) in [5.74, 6) is 1.61. The third kappa shape index (κ3) is 6.17. The fourth-order valence-corrected chi connectivity index (χ4v) is 4.88. The number of carbonyl (C=O) groups excluding carboxylic acids is 1. The fraction of sp³-hybridized carbons (Fsp3) is 0.226. The number of ether oxygens (including phenoxy) is 1. The summed E-state index contributed by atoms with van der Waals surface area (Å²) < 4.78 is 7.64. The number of anilines is 6. The second-order valence-electron chi connectivity index (χ2n) is 10.8. The highest BCUT2D eigenvalue weighted by atomic mass is 32.2. The van der Waals surface area contributed by atoms with Gasteiger partial charge in [0.05, 0.1) is 16.7 Å². The number of nitrogens with two attached hydrogens (primary N) is 1. The smallest absolute Gasteiger partial charge is 0.421 e. The van der Waals surface area contributed by atoms with Crippen LogP contribution in [-0.4, -0.2) is 38.3 Å². The third-order valence-corrected chi connectivity index (χ3v) is 7.27. The molecule has 2 aromatic heterocycles. The summed E-state index contributed by atoms with van der Waals surface area (Å²) in [5.41, 5.74) is 4.41. The van der Waals surface area contributed by atoms with Gasteiger partial charge in [0.1, 0.15) is 11.4 Å². The Balaban J connectivity index is 1.46. The molecule has 0 saturated heterocycles. The highest BCUT2D eigenvalue weighted by Gasteiger charge is 2.28. The molecule has 0 aliphatic carbocycles. The SMILES string of the molecule is Cc1ccc(Nc2nccc(N(C)c3ccc4c(c3)nc(N(C(=O)OC(C)(C)C)c3ccccc3)n4C)n2)cc1SN. The molecule has 11 heteroatoms. The average molecular weight is 583 g/mol. The second-order valence-corrected chi connectivity index (χ2v) is 11.5. The van der Waals surface area contributed by atoms with Crippen molar-refractivity contribution < 1.29 is 9.53 Å². The largest absolute Gasteiger partial charge is 0.443 e. The van der Waals surface area contributed by atoms with Gasteiger partial charge in [-0.3, -0.25) is 5.14 Å². The number of aryl methyl sites for hydroxylation is 2. The molecule has 0 aliphatic heterocycles. The molecule has 0 radical (unpaired) electrons. The van der Waals surface area contributed by atoms with Crippen LogP contribution in [0, 0.1) is 6.92 Å². The van der Waals surface area contributed by atoms with Crippen LogP contribution in [0.4, 0.5) is 39.6 Å². The number of amides is 1. The number of rotatable bonds is 7. The Bertz CT molecular complexity index is 1730. The topological polar surface area (TPSA) is 114 Å². The number of fused-ring (bicyclic) bond motifs is 1. The van der Waals surface area contributed by atoms with Gasteiger partial charge in [-0.2, -0.15) is 4.98 Å². The van der Waals surface area contributed by atoms with Crippen molar-refractivity contribution in [1.29, 1.82) is 0 Å². The molecule has 0 saturated carbocycles. The second kappa shape index (κ2) is 11.7. The molecule has 42 heavy (non-hydrogen) atoms. The molecular weight excluding hydrogens is 548 g/mol. The highest BCUT2D eigenvalue weighted by Crippen LogP contribution is 2.33. The molecule has 0 fully saturated rings. The molecule has 0 spiro atoms. The minimum atomic E-state index is -0.666. The van der Waals surface area contributed by atoms with Crippen LogP contribution in [-0.2, 0) is 11.8 Å². The minimum absolute atomic E-state index is 0.451. The van der Waals surface area contributed by atoms with Crippen LogP contribution >= 0.6 is 11.9 Å². The van der Waals surface area contributed by atoms with Crippen molar-refractivity contribution >= 4 is 63.9 Å². The van der Waals surface area contributed by atoms with Gasteiger partial charge in [0.2, 0.25) is 11.9 Å². The first kappa shape index (κ1) is 28.9. The lowest BCUT2D eigenvalue weighted by atomic mass is 10.2. The zero-order valence-electron chi connectivity index (χ0n) is 24.5. The number of benzene rings is 3. The average Bonchev–Trinajstić information content (AvgIpc) is 3.28. The van der Waals surface area contributed by atoms with E-state index in [1.165, 1.54) is 16.8 Å². The van der Waals surface area contributed by atoms with Crippen LogP contribution in [0.15, 0.2) is 83.9 Å². The van der Waals surface area contributed by atoms with E-state index in [1.54, 1.807) is 6.20 Å². The number of hydrogen-bond donors (Lipinski definition) is 2. The summed E-state index contributed by atoms with van der Waals surface area (Å²) >= 11 is 1.21. The van der Waals surface area contributed by atoms with E-state index in [1.807, 2.05) is 124 Å². The van der Waals surface area contributed by atoms with Gasteiger partial charge in [-0.25, -0.2) is 19.7 Å². The Morgan fingerprint density at radius 3 is 2.48 bits per heavy atom. The van der Waals surface area contributed by atoms with Crippen molar-refractivity contribution in [2.24, 2.45) is 12.2 Å². The quantitative estimate of drug-likeness (QED) is 0.192. The predicted octanol–water partition coefficient (Wildman–Crippen LogP) is 7.22. The van der Waals surface area contributed by atoms with Crippen molar-refractivity contribution in [2.45, 2.75) is 38.2 Å². The number of nitrogens with zero attached hydrogens (tertiary/aromatic N) is 6. The Kier molecular flexibility index (Phi) is 8.06. The molecule has 5 rings (SSSR count). The van der Waals surface area contributed by atoms with Crippen LogP contribution in [0.1, 0.15) is 26.3 Å². The van der Waals surface area contributed by atoms with Crippen LogP contribution < -0.4 is 20.3 Å². The molecule has 5 aromatic rings. The number of imidazole rings is 1. The standard InChI is InChI=1S/C31H34N8O2S/c1-20-12-13-21(18-26(20)42-32)34-28-33-17-16-27(36-28)37(5)23-14-15-25-24(19-23)35-29(38(25)6)39(22-10-8-7-9-11-22)30(40)41-31(2,3)4/h7-19H,32H2,1-6H3,(H,33,34,36). The van der Waals surface area contributed by atoms with Crippen molar-refractivity contribution in [3.8, 4) is 0 Å². The molecule has 3 N–H and O–H groups in total. The monoisotopic (exact) mass is 582 g/mol. The molecule has 10 nitrogen and oxygen atoms in total. The molecule has 2 heterocycles. The molecule has 0 unspecified atom stereocenters. The van der Waals surface area contributed by atoms with Crippen molar-refractivity contribution in [2.75, 3.05) is 22.2 Å². The normalized spacial score (nSPS) is 11.4. The van der Waals surface area contributed by atoms with E-state index < -0.39 is 11.7 Å². The van der Waals surface area contributed by atoms with Gasteiger partial charge in [-0.05, 0) is 93.7 Å².